The van der Waals surface area contributed by atoms with Crippen molar-refractivity contribution in [2.24, 2.45) is 0 Å². The molecule has 0 atom stereocenters. The molecular weight excluding hydrogens is 258 g/mol. The van der Waals surface area contributed by atoms with Gasteiger partial charge in [-0.25, -0.2) is 4.98 Å². The van der Waals surface area contributed by atoms with Crippen LogP contribution >= 0.6 is 0 Å². The van der Waals surface area contributed by atoms with E-state index >= 15 is 0 Å². The Morgan fingerprint density at radius 2 is 1.57 bits per heavy atom. The Morgan fingerprint density at radius 3 is 2.48 bits per heavy atom. The number of oxazole rings is 1. The van der Waals surface area contributed by atoms with E-state index in [2.05, 4.69) is 35.3 Å². The minimum Gasteiger partial charge on any atom is -0.436 e. The van der Waals surface area contributed by atoms with Gasteiger partial charge in [0.2, 0.25) is 5.89 Å². The standard InChI is InChI=1S/C19H13NO/c1-2-6-14(7-3-1)10-13-18-20-17-12-11-15-8-4-5-9-16(15)19(17)21-18/h1-13H/b13-10+. The highest BCUT2D eigenvalue weighted by atomic mass is 16.3. The first kappa shape index (κ1) is 11.9. The van der Waals surface area contributed by atoms with Gasteiger partial charge in [-0.3, -0.25) is 0 Å². The third kappa shape index (κ3) is 2.21. The Labute approximate surface area is 122 Å². The van der Waals surface area contributed by atoms with Crippen molar-refractivity contribution in [3.05, 3.63) is 78.2 Å². The lowest BCUT2D eigenvalue weighted by Gasteiger charge is -1.95. The number of benzene rings is 3. The fraction of sp³-hybridized carbons (Fsp3) is 0. The van der Waals surface area contributed by atoms with Gasteiger partial charge in [0.15, 0.2) is 5.58 Å². The topological polar surface area (TPSA) is 26.0 Å². The number of rotatable bonds is 2. The number of aromatic nitrogens is 1. The van der Waals surface area contributed by atoms with Crippen molar-refractivity contribution in [2.45, 2.75) is 0 Å². The van der Waals surface area contributed by atoms with Crippen molar-refractivity contribution >= 4 is 34.0 Å². The summed E-state index contributed by atoms with van der Waals surface area (Å²) in [6, 6.07) is 22.4. The average Bonchev–Trinajstić information content (AvgIpc) is 2.97. The summed E-state index contributed by atoms with van der Waals surface area (Å²) >= 11 is 0. The molecule has 0 spiro atoms. The Balaban J connectivity index is 1.80. The third-order valence-corrected chi connectivity index (χ3v) is 3.51. The summed E-state index contributed by atoms with van der Waals surface area (Å²) in [6.07, 6.45) is 3.91. The number of fused-ring (bicyclic) bond motifs is 3. The predicted octanol–water partition coefficient (Wildman–Crippen LogP) is 5.15. The van der Waals surface area contributed by atoms with Crippen LogP contribution < -0.4 is 0 Å². The normalized spacial score (nSPS) is 11.6. The molecule has 0 fully saturated rings. The molecule has 0 radical (unpaired) electrons. The Morgan fingerprint density at radius 1 is 0.762 bits per heavy atom. The van der Waals surface area contributed by atoms with Gasteiger partial charge in [-0.05, 0) is 23.1 Å². The second-order valence-corrected chi connectivity index (χ2v) is 4.93. The van der Waals surface area contributed by atoms with Gasteiger partial charge >= 0.3 is 0 Å². The summed E-state index contributed by atoms with van der Waals surface area (Å²) in [4.78, 5) is 4.52. The monoisotopic (exact) mass is 271 g/mol. The lowest BCUT2D eigenvalue weighted by molar-refractivity contribution is 0.592. The zero-order chi connectivity index (χ0) is 14.1. The van der Waals surface area contributed by atoms with E-state index in [0.29, 0.717) is 5.89 Å². The Kier molecular flexibility index (Phi) is 2.79. The maximum absolute atomic E-state index is 5.91. The molecule has 0 aliphatic rings. The van der Waals surface area contributed by atoms with Crippen LogP contribution in [-0.4, -0.2) is 4.98 Å². The summed E-state index contributed by atoms with van der Waals surface area (Å²) in [5, 5.41) is 2.27. The van der Waals surface area contributed by atoms with Crippen LogP contribution in [0, 0.1) is 0 Å². The zero-order valence-electron chi connectivity index (χ0n) is 11.4. The van der Waals surface area contributed by atoms with Gasteiger partial charge in [-0.15, -0.1) is 0 Å². The molecule has 1 aromatic heterocycles. The van der Waals surface area contributed by atoms with E-state index in [4.69, 9.17) is 4.42 Å². The van der Waals surface area contributed by atoms with E-state index in [1.807, 2.05) is 48.6 Å². The van der Waals surface area contributed by atoms with E-state index in [1.54, 1.807) is 0 Å². The van der Waals surface area contributed by atoms with Gasteiger partial charge in [0.05, 0.1) is 0 Å². The van der Waals surface area contributed by atoms with E-state index in [-0.39, 0.29) is 0 Å². The van der Waals surface area contributed by atoms with Crippen molar-refractivity contribution in [1.82, 2.24) is 4.98 Å². The first-order valence-corrected chi connectivity index (χ1v) is 6.91. The minimum atomic E-state index is 0.630. The van der Waals surface area contributed by atoms with Crippen molar-refractivity contribution in [3.63, 3.8) is 0 Å². The summed E-state index contributed by atoms with van der Waals surface area (Å²) in [6.45, 7) is 0. The highest BCUT2D eigenvalue weighted by Crippen LogP contribution is 2.26. The van der Waals surface area contributed by atoms with Crippen LogP contribution in [0.4, 0.5) is 0 Å². The highest BCUT2D eigenvalue weighted by Gasteiger charge is 2.06. The lowest BCUT2D eigenvalue weighted by Crippen LogP contribution is -1.73. The first-order valence-electron chi connectivity index (χ1n) is 6.91. The van der Waals surface area contributed by atoms with Crippen LogP contribution in [0.3, 0.4) is 0 Å². The van der Waals surface area contributed by atoms with Gasteiger partial charge < -0.3 is 4.42 Å². The number of nitrogens with zero attached hydrogens (tertiary/aromatic N) is 1. The van der Waals surface area contributed by atoms with Crippen molar-refractivity contribution in [2.75, 3.05) is 0 Å². The maximum Gasteiger partial charge on any atom is 0.220 e. The Bertz CT molecular complexity index is 936. The summed E-state index contributed by atoms with van der Waals surface area (Å²) < 4.78 is 5.91. The second-order valence-electron chi connectivity index (χ2n) is 4.93. The molecule has 0 saturated carbocycles. The van der Waals surface area contributed by atoms with Gasteiger partial charge in [-0.1, -0.05) is 60.7 Å². The van der Waals surface area contributed by atoms with Crippen LogP contribution in [0.2, 0.25) is 0 Å². The van der Waals surface area contributed by atoms with E-state index < -0.39 is 0 Å². The van der Waals surface area contributed by atoms with Crippen molar-refractivity contribution in [3.8, 4) is 0 Å². The van der Waals surface area contributed by atoms with Gasteiger partial charge in [0.1, 0.15) is 5.52 Å². The molecule has 0 N–H and O–H groups in total. The molecule has 2 heteroatoms. The third-order valence-electron chi connectivity index (χ3n) is 3.51. The second kappa shape index (κ2) is 4.91. The van der Waals surface area contributed by atoms with Gasteiger partial charge in [0, 0.05) is 11.5 Å². The molecule has 0 saturated heterocycles. The largest absolute Gasteiger partial charge is 0.436 e. The van der Waals surface area contributed by atoms with Crippen LogP contribution in [0.1, 0.15) is 11.5 Å². The van der Waals surface area contributed by atoms with Crippen LogP contribution in [-0.2, 0) is 0 Å². The lowest BCUT2D eigenvalue weighted by atomic mass is 10.1. The molecule has 0 amide bonds. The summed E-state index contributed by atoms with van der Waals surface area (Å²) in [7, 11) is 0. The number of hydrogen-bond donors (Lipinski definition) is 0. The van der Waals surface area contributed by atoms with Crippen LogP contribution in [0.25, 0.3) is 34.0 Å². The van der Waals surface area contributed by atoms with Crippen LogP contribution in [0.15, 0.2) is 71.1 Å². The molecule has 0 aliphatic heterocycles. The smallest absolute Gasteiger partial charge is 0.220 e. The molecule has 3 aromatic carbocycles. The molecule has 4 rings (SSSR count). The minimum absolute atomic E-state index is 0.630. The quantitative estimate of drug-likeness (QED) is 0.504. The number of hydrogen-bond acceptors (Lipinski definition) is 2. The maximum atomic E-state index is 5.91. The molecule has 0 unspecified atom stereocenters. The Hall–Kier alpha value is -2.87. The fourth-order valence-corrected chi connectivity index (χ4v) is 2.48. The van der Waals surface area contributed by atoms with Gasteiger partial charge in [0.25, 0.3) is 0 Å². The first-order chi connectivity index (χ1) is 10.4. The summed E-state index contributed by atoms with van der Waals surface area (Å²) in [5.74, 6) is 0.630. The molecule has 1 heterocycles. The van der Waals surface area contributed by atoms with Crippen molar-refractivity contribution in [1.29, 1.82) is 0 Å². The van der Waals surface area contributed by atoms with E-state index in [0.717, 1.165) is 22.0 Å². The molecular formula is C19H13NO. The van der Waals surface area contributed by atoms with Gasteiger partial charge in [-0.2, -0.15) is 0 Å². The molecule has 2 nitrogen and oxygen atoms in total. The molecule has 4 aromatic rings. The molecule has 0 aliphatic carbocycles. The fourth-order valence-electron chi connectivity index (χ4n) is 2.48. The molecule has 100 valence electrons. The van der Waals surface area contributed by atoms with E-state index in [9.17, 15) is 0 Å². The van der Waals surface area contributed by atoms with Crippen molar-refractivity contribution < 1.29 is 4.42 Å². The highest BCUT2D eigenvalue weighted by molar-refractivity contribution is 6.03. The molecule has 21 heavy (non-hydrogen) atoms. The van der Waals surface area contributed by atoms with E-state index in [1.165, 1.54) is 5.39 Å². The summed E-state index contributed by atoms with van der Waals surface area (Å²) in [5.41, 5.74) is 2.87. The van der Waals surface area contributed by atoms with Crippen LogP contribution in [0.5, 0.6) is 0 Å². The predicted molar refractivity (Wildman–Crippen MR) is 86.9 cm³/mol. The average molecular weight is 271 g/mol. The SMILES string of the molecule is C(=C\c1nc2ccc3ccccc3c2o1)/c1ccccc1. The zero-order valence-corrected chi connectivity index (χ0v) is 11.4. The molecule has 0 bridgehead atoms.